The summed E-state index contributed by atoms with van der Waals surface area (Å²) >= 11 is 0. The molecule has 0 aromatic heterocycles. The SMILES string of the molecule is CCN(CC)c1ccc(C(=O)N2CCC(C)CC2)cc1. The molecule has 0 radical (unpaired) electrons. The van der Waals surface area contributed by atoms with Crippen LogP contribution < -0.4 is 4.90 Å². The van der Waals surface area contributed by atoms with Gasteiger partial charge >= 0.3 is 0 Å². The summed E-state index contributed by atoms with van der Waals surface area (Å²) in [6, 6.07) is 8.06. The molecule has 1 aromatic carbocycles. The van der Waals surface area contributed by atoms with Gasteiger partial charge in [-0.1, -0.05) is 6.92 Å². The molecule has 0 bridgehead atoms. The molecule has 3 nitrogen and oxygen atoms in total. The smallest absolute Gasteiger partial charge is 0.253 e. The molecule has 0 saturated carbocycles. The molecule has 3 heteroatoms. The van der Waals surface area contributed by atoms with Crippen molar-refractivity contribution in [3.05, 3.63) is 29.8 Å². The number of carbonyl (C=O) groups is 1. The predicted molar refractivity (Wildman–Crippen MR) is 84.3 cm³/mol. The first-order valence-electron chi connectivity index (χ1n) is 7.80. The van der Waals surface area contributed by atoms with Crippen molar-refractivity contribution in [2.45, 2.75) is 33.6 Å². The third-order valence-corrected chi connectivity index (χ3v) is 4.31. The van der Waals surface area contributed by atoms with E-state index in [1.54, 1.807) is 0 Å². The minimum atomic E-state index is 0.183. The average Bonchev–Trinajstić information content (AvgIpc) is 2.49. The number of carbonyl (C=O) groups excluding carboxylic acids is 1. The fraction of sp³-hybridized carbons (Fsp3) is 0.588. The molecule has 1 aliphatic heterocycles. The zero-order valence-electron chi connectivity index (χ0n) is 12.9. The van der Waals surface area contributed by atoms with E-state index in [-0.39, 0.29) is 5.91 Å². The Balaban J connectivity index is 2.04. The van der Waals surface area contributed by atoms with Crippen molar-refractivity contribution in [2.75, 3.05) is 31.1 Å². The summed E-state index contributed by atoms with van der Waals surface area (Å²) in [7, 11) is 0. The molecule has 0 aliphatic carbocycles. The highest BCUT2D eigenvalue weighted by molar-refractivity contribution is 5.94. The van der Waals surface area contributed by atoms with E-state index in [4.69, 9.17) is 0 Å². The van der Waals surface area contributed by atoms with E-state index in [0.29, 0.717) is 0 Å². The molecule has 0 N–H and O–H groups in total. The van der Waals surface area contributed by atoms with Crippen LogP contribution in [0.15, 0.2) is 24.3 Å². The van der Waals surface area contributed by atoms with Gasteiger partial charge in [0, 0.05) is 37.4 Å². The van der Waals surface area contributed by atoms with Crippen molar-refractivity contribution in [3.8, 4) is 0 Å². The van der Waals surface area contributed by atoms with Crippen LogP contribution in [-0.2, 0) is 0 Å². The Labute approximate surface area is 122 Å². The van der Waals surface area contributed by atoms with Crippen LogP contribution >= 0.6 is 0 Å². The second-order valence-electron chi connectivity index (χ2n) is 5.69. The standard InChI is InChI=1S/C17H26N2O/c1-4-18(5-2)16-8-6-15(7-9-16)17(20)19-12-10-14(3)11-13-19/h6-9,14H,4-5,10-13H2,1-3H3. The Bertz CT molecular complexity index is 429. The highest BCUT2D eigenvalue weighted by Gasteiger charge is 2.21. The van der Waals surface area contributed by atoms with Crippen LogP contribution in [0.5, 0.6) is 0 Å². The summed E-state index contributed by atoms with van der Waals surface area (Å²) in [6.45, 7) is 10.4. The lowest BCUT2D eigenvalue weighted by Gasteiger charge is -2.30. The van der Waals surface area contributed by atoms with Gasteiger partial charge in [-0.05, 0) is 56.9 Å². The Morgan fingerprint density at radius 3 is 2.20 bits per heavy atom. The second kappa shape index (κ2) is 6.78. The zero-order valence-corrected chi connectivity index (χ0v) is 12.9. The molecule has 0 atom stereocenters. The lowest BCUT2D eigenvalue weighted by molar-refractivity contribution is 0.0697. The number of piperidine rings is 1. The minimum Gasteiger partial charge on any atom is -0.372 e. The molecule has 0 spiro atoms. The third kappa shape index (κ3) is 3.33. The van der Waals surface area contributed by atoms with Gasteiger partial charge in [0.25, 0.3) is 5.91 Å². The monoisotopic (exact) mass is 274 g/mol. The van der Waals surface area contributed by atoms with E-state index in [9.17, 15) is 4.79 Å². The van der Waals surface area contributed by atoms with E-state index < -0.39 is 0 Å². The van der Waals surface area contributed by atoms with Gasteiger partial charge in [-0.3, -0.25) is 4.79 Å². The van der Waals surface area contributed by atoms with Gasteiger partial charge in [-0.2, -0.15) is 0 Å². The van der Waals surface area contributed by atoms with E-state index in [1.807, 2.05) is 17.0 Å². The van der Waals surface area contributed by atoms with Crippen molar-refractivity contribution >= 4 is 11.6 Å². The number of benzene rings is 1. The molecule has 20 heavy (non-hydrogen) atoms. The zero-order chi connectivity index (χ0) is 14.5. The molecule has 110 valence electrons. The van der Waals surface area contributed by atoms with E-state index in [0.717, 1.165) is 50.5 Å². The maximum atomic E-state index is 12.4. The predicted octanol–water partition coefficient (Wildman–Crippen LogP) is 3.40. The van der Waals surface area contributed by atoms with Crippen molar-refractivity contribution in [2.24, 2.45) is 5.92 Å². The first-order valence-corrected chi connectivity index (χ1v) is 7.80. The van der Waals surface area contributed by atoms with Gasteiger partial charge in [0.1, 0.15) is 0 Å². The molecule has 1 saturated heterocycles. The summed E-state index contributed by atoms with van der Waals surface area (Å²) in [6.07, 6.45) is 2.26. The maximum Gasteiger partial charge on any atom is 0.253 e. The van der Waals surface area contributed by atoms with Crippen LogP contribution in [0.1, 0.15) is 44.0 Å². The number of hydrogen-bond acceptors (Lipinski definition) is 2. The van der Waals surface area contributed by atoms with E-state index in [1.165, 1.54) is 5.69 Å². The number of rotatable bonds is 4. The molecule has 1 aromatic rings. The Kier molecular flexibility index (Phi) is 5.05. The molecule has 1 heterocycles. The van der Waals surface area contributed by atoms with Gasteiger partial charge in [0.05, 0.1) is 0 Å². The number of nitrogens with zero attached hydrogens (tertiary/aromatic N) is 2. The largest absolute Gasteiger partial charge is 0.372 e. The lowest BCUT2D eigenvalue weighted by atomic mass is 9.98. The molecule has 1 fully saturated rings. The van der Waals surface area contributed by atoms with Crippen molar-refractivity contribution in [1.29, 1.82) is 0 Å². The summed E-state index contributed by atoms with van der Waals surface area (Å²) in [5.41, 5.74) is 2.01. The number of amides is 1. The quantitative estimate of drug-likeness (QED) is 0.840. The Morgan fingerprint density at radius 1 is 1.15 bits per heavy atom. The van der Waals surface area contributed by atoms with Crippen LogP contribution in [0.3, 0.4) is 0 Å². The van der Waals surface area contributed by atoms with Gasteiger partial charge < -0.3 is 9.80 Å². The van der Waals surface area contributed by atoms with Crippen LogP contribution in [0.25, 0.3) is 0 Å². The van der Waals surface area contributed by atoms with Crippen LogP contribution in [0.2, 0.25) is 0 Å². The van der Waals surface area contributed by atoms with Crippen LogP contribution in [-0.4, -0.2) is 37.0 Å². The number of anilines is 1. The fourth-order valence-corrected chi connectivity index (χ4v) is 2.80. The van der Waals surface area contributed by atoms with Crippen molar-refractivity contribution in [1.82, 2.24) is 4.90 Å². The third-order valence-electron chi connectivity index (χ3n) is 4.31. The highest BCUT2D eigenvalue weighted by atomic mass is 16.2. The number of hydrogen-bond donors (Lipinski definition) is 0. The van der Waals surface area contributed by atoms with E-state index >= 15 is 0 Å². The molecule has 2 rings (SSSR count). The first-order chi connectivity index (χ1) is 9.65. The summed E-state index contributed by atoms with van der Waals surface area (Å²) in [4.78, 5) is 16.7. The van der Waals surface area contributed by atoms with Crippen LogP contribution in [0.4, 0.5) is 5.69 Å². The van der Waals surface area contributed by atoms with Gasteiger partial charge in [-0.15, -0.1) is 0 Å². The Hall–Kier alpha value is -1.51. The summed E-state index contributed by atoms with van der Waals surface area (Å²) < 4.78 is 0. The normalized spacial score (nSPS) is 16.2. The van der Waals surface area contributed by atoms with Gasteiger partial charge in [0.15, 0.2) is 0 Å². The van der Waals surface area contributed by atoms with Gasteiger partial charge in [-0.25, -0.2) is 0 Å². The summed E-state index contributed by atoms with van der Waals surface area (Å²) in [5.74, 6) is 0.937. The Morgan fingerprint density at radius 2 is 1.70 bits per heavy atom. The van der Waals surface area contributed by atoms with Crippen molar-refractivity contribution in [3.63, 3.8) is 0 Å². The maximum absolute atomic E-state index is 12.4. The molecular weight excluding hydrogens is 248 g/mol. The lowest BCUT2D eigenvalue weighted by Crippen LogP contribution is -2.37. The summed E-state index contributed by atoms with van der Waals surface area (Å²) in [5, 5.41) is 0. The number of likely N-dealkylation sites (tertiary alicyclic amines) is 1. The first kappa shape index (κ1) is 14.9. The molecule has 1 aliphatic rings. The molecule has 0 unspecified atom stereocenters. The molecular formula is C17H26N2O. The fourth-order valence-electron chi connectivity index (χ4n) is 2.80. The van der Waals surface area contributed by atoms with E-state index in [2.05, 4.69) is 37.8 Å². The van der Waals surface area contributed by atoms with Crippen LogP contribution in [0, 0.1) is 5.92 Å². The van der Waals surface area contributed by atoms with Gasteiger partial charge in [0.2, 0.25) is 0 Å². The topological polar surface area (TPSA) is 23.6 Å². The second-order valence-corrected chi connectivity index (χ2v) is 5.69. The minimum absolute atomic E-state index is 0.183. The van der Waals surface area contributed by atoms with Crippen molar-refractivity contribution < 1.29 is 4.79 Å². The average molecular weight is 274 g/mol. The highest BCUT2D eigenvalue weighted by Crippen LogP contribution is 2.20. The molecule has 1 amide bonds.